The Balaban J connectivity index is 1.52. The normalized spacial score (nSPS) is 26.8. The molecule has 4 atom stereocenters. The van der Waals surface area contributed by atoms with E-state index in [1.54, 1.807) is 18.0 Å². The zero-order chi connectivity index (χ0) is 27.5. The molecular formula is C32H39ClN2O4. The van der Waals surface area contributed by atoms with Crippen molar-refractivity contribution in [3.8, 4) is 5.75 Å². The fourth-order valence-electron chi connectivity index (χ4n) is 6.14. The summed E-state index contributed by atoms with van der Waals surface area (Å²) in [7, 11) is 1.74. The van der Waals surface area contributed by atoms with E-state index in [1.165, 1.54) is 11.1 Å². The number of aliphatic hydroxyl groups is 1. The first-order valence-corrected chi connectivity index (χ1v) is 14.6. The molecule has 2 bridgehead atoms. The van der Waals surface area contributed by atoms with Crippen LogP contribution >= 0.6 is 11.6 Å². The average Bonchev–Trinajstić information content (AvgIpc) is 3.07. The van der Waals surface area contributed by atoms with E-state index in [1.807, 2.05) is 30.3 Å². The van der Waals surface area contributed by atoms with Crippen molar-refractivity contribution in [2.24, 2.45) is 11.8 Å². The average molecular weight is 551 g/mol. The zero-order valence-corrected chi connectivity index (χ0v) is 23.7. The number of ketones is 1. The Morgan fingerprint density at radius 2 is 1.95 bits per heavy atom. The van der Waals surface area contributed by atoms with Crippen molar-refractivity contribution in [2.45, 2.75) is 57.5 Å². The summed E-state index contributed by atoms with van der Waals surface area (Å²) in [5.74, 6) is 1.23. The number of carbonyl (C=O) groups excluding carboxylic acids is 2. The van der Waals surface area contributed by atoms with E-state index >= 15 is 0 Å². The Morgan fingerprint density at radius 3 is 2.72 bits per heavy atom. The van der Waals surface area contributed by atoms with Gasteiger partial charge in [-0.3, -0.25) is 9.59 Å². The number of carbonyl (C=O) groups is 2. The number of benzene rings is 2. The highest BCUT2D eigenvalue weighted by atomic mass is 35.5. The number of allylic oxidation sites excluding steroid dienone is 1. The van der Waals surface area contributed by atoms with Crippen molar-refractivity contribution in [1.82, 2.24) is 4.90 Å². The topological polar surface area (TPSA) is 70.1 Å². The van der Waals surface area contributed by atoms with Gasteiger partial charge in [-0.2, -0.15) is 0 Å². The molecule has 6 nitrogen and oxygen atoms in total. The van der Waals surface area contributed by atoms with Gasteiger partial charge in [0.1, 0.15) is 5.75 Å². The number of fused-ring (bicyclic) bond motifs is 2. The van der Waals surface area contributed by atoms with Gasteiger partial charge in [-0.15, -0.1) is 0 Å². The predicted molar refractivity (Wildman–Crippen MR) is 155 cm³/mol. The van der Waals surface area contributed by atoms with Gasteiger partial charge in [0.25, 0.3) is 0 Å². The van der Waals surface area contributed by atoms with Crippen molar-refractivity contribution in [3.63, 3.8) is 0 Å². The third kappa shape index (κ3) is 6.17. The molecule has 208 valence electrons. The second-order valence-electron chi connectivity index (χ2n) is 11.3. The minimum absolute atomic E-state index is 0.0112. The van der Waals surface area contributed by atoms with Crippen molar-refractivity contribution in [1.29, 1.82) is 0 Å². The molecule has 1 N–H and O–H groups in total. The monoisotopic (exact) mass is 550 g/mol. The van der Waals surface area contributed by atoms with Crippen LogP contribution in [-0.2, 0) is 16.0 Å². The Kier molecular flexibility index (Phi) is 8.63. The van der Waals surface area contributed by atoms with Gasteiger partial charge in [0.05, 0.1) is 24.8 Å². The van der Waals surface area contributed by atoms with E-state index in [4.69, 9.17) is 16.3 Å². The van der Waals surface area contributed by atoms with E-state index in [0.717, 1.165) is 55.2 Å². The summed E-state index contributed by atoms with van der Waals surface area (Å²) in [6, 6.07) is 11.9. The second-order valence-corrected chi connectivity index (χ2v) is 11.7. The van der Waals surface area contributed by atoms with Gasteiger partial charge in [0.15, 0.2) is 5.78 Å². The lowest BCUT2D eigenvalue weighted by Gasteiger charge is -2.40. The molecule has 2 aromatic rings. The number of nitrogens with zero attached hydrogens (tertiary/aromatic N) is 2. The molecule has 7 heteroatoms. The number of amides is 1. The number of halogens is 1. The molecule has 3 aliphatic rings. The molecule has 0 spiro atoms. The number of hydrogen-bond donors (Lipinski definition) is 1. The van der Waals surface area contributed by atoms with Crippen LogP contribution in [0.4, 0.5) is 5.69 Å². The lowest BCUT2D eigenvalue weighted by atomic mass is 9.70. The highest BCUT2D eigenvalue weighted by Crippen LogP contribution is 2.42. The summed E-state index contributed by atoms with van der Waals surface area (Å²) in [6.45, 7) is 4.70. The summed E-state index contributed by atoms with van der Waals surface area (Å²) in [6.07, 6.45) is 7.22. The molecule has 0 radical (unpaired) electrons. The molecule has 2 heterocycles. The van der Waals surface area contributed by atoms with Gasteiger partial charge < -0.3 is 19.6 Å². The Hall–Kier alpha value is -2.83. The number of anilines is 1. The lowest BCUT2D eigenvalue weighted by molar-refractivity contribution is -0.132. The standard InChI is InChI=1S/C32H39ClN2O4/c1-3-6-21-15-25(33)10-12-26(21)24-19-35-18-23-8-11-27(23)29(36)7-4-5-14-34(2)32(38)17-30(37)22-9-13-31(39-20-24)28(35)16-22/h4,7,9-10,12-13,15-16,23-24,27,30,37H,3,5-6,8,11,14,17-20H2,1-2H3/b7-4+. The Bertz CT molecular complexity index is 1240. The summed E-state index contributed by atoms with van der Waals surface area (Å²) < 4.78 is 6.41. The molecule has 2 aromatic carbocycles. The van der Waals surface area contributed by atoms with E-state index in [0.29, 0.717) is 25.1 Å². The van der Waals surface area contributed by atoms with Crippen LogP contribution in [0.25, 0.3) is 0 Å². The van der Waals surface area contributed by atoms with Crippen LogP contribution in [0.15, 0.2) is 48.6 Å². The molecule has 4 unspecified atom stereocenters. The zero-order valence-electron chi connectivity index (χ0n) is 22.9. The van der Waals surface area contributed by atoms with Crippen molar-refractivity contribution >= 4 is 29.0 Å². The quantitative estimate of drug-likeness (QED) is 0.530. The van der Waals surface area contributed by atoms with E-state index < -0.39 is 6.10 Å². The van der Waals surface area contributed by atoms with Crippen LogP contribution in [0, 0.1) is 11.8 Å². The van der Waals surface area contributed by atoms with Gasteiger partial charge in [-0.05, 0) is 78.6 Å². The van der Waals surface area contributed by atoms with Gasteiger partial charge in [-0.1, -0.05) is 43.2 Å². The number of aliphatic hydroxyl groups excluding tert-OH is 1. The number of ether oxygens (including phenoxy) is 1. The SMILES string of the molecule is CCCc1cc(Cl)ccc1C1COc2ccc3cc2N(C1)CC1CCC1C(=O)/C=C/CCN(C)C(=O)CC3O. The Labute approximate surface area is 236 Å². The van der Waals surface area contributed by atoms with Gasteiger partial charge in [0, 0.05) is 43.5 Å². The molecule has 0 saturated heterocycles. The number of hydrogen-bond acceptors (Lipinski definition) is 5. The van der Waals surface area contributed by atoms with E-state index in [-0.39, 0.29) is 35.9 Å². The minimum atomic E-state index is -0.903. The number of aryl methyl sites for hydroxylation is 1. The lowest BCUT2D eigenvalue weighted by Crippen LogP contribution is -2.42. The van der Waals surface area contributed by atoms with E-state index in [9.17, 15) is 14.7 Å². The van der Waals surface area contributed by atoms with Crippen molar-refractivity contribution in [2.75, 3.05) is 38.2 Å². The third-order valence-corrected chi connectivity index (χ3v) is 8.83. The van der Waals surface area contributed by atoms with Crippen LogP contribution in [0.3, 0.4) is 0 Å². The van der Waals surface area contributed by atoms with E-state index in [2.05, 4.69) is 24.0 Å². The number of rotatable bonds is 3. The highest BCUT2D eigenvalue weighted by Gasteiger charge is 2.38. The van der Waals surface area contributed by atoms with Crippen LogP contribution in [0.2, 0.25) is 5.02 Å². The van der Waals surface area contributed by atoms with Crippen molar-refractivity contribution in [3.05, 3.63) is 70.3 Å². The first-order valence-electron chi connectivity index (χ1n) is 14.3. The maximum absolute atomic E-state index is 13.1. The third-order valence-electron chi connectivity index (χ3n) is 8.60. The molecule has 5 rings (SSSR count). The van der Waals surface area contributed by atoms with Crippen LogP contribution in [0.1, 0.15) is 67.7 Å². The molecule has 2 aliphatic heterocycles. The summed E-state index contributed by atoms with van der Waals surface area (Å²) >= 11 is 6.37. The minimum Gasteiger partial charge on any atom is -0.491 e. The summed E-state index contributed by atoms with van der Waals surface area (Å²) in [4.78, 5) is 29.8. The smallest absolute Gasteiger partial charge is 0.225 e. The summed E-state index contributed by atoms with van der Waals surface area (Å²) in [5.41, 5.74) is 4.12. The molecule has 1 saturated carbocycles. The largest absolute Gasteiger partial charge is 0.491 e. The second kappa shape index (κ2) is 12.1. The van der Waals surface area contributed by atoms with Crippen LogP contribution in [0.5, 0.6) is 5.75 Å². The molecule has 0 aromatic heterocycles. The molecule has 1 amide bonds. The first-order chi connectivity index (χ1) is 18.8. The van der Waals surface area contributed by atoms with Crippen LogP contribution in [-0.4, -0.2) is 55.0 Å². The fourth-order valence-corrected chi connectivity index (χ4v) is 6.33. The van der Waals surface area contributed by atoms with Crippen molar-refractivity contribution < 1.29 is 19.4 Å². The predicted octanol–water partition coefficient (Wildman–Crippen LogP) is 5.71. The van der Waals surface area contributed by atoms with Gasteiger partial charge >= 0.3 is 0 Å². The fraction of sp³-hybridized carbons (Fsp3) is 0.500. The molecule has 1 fully saturated rings. The first kappa shape index (κ1) is 27.7. The Morgan fingerprint density at radius 1 is 1.10 bits per heavy atom. The maximum atomic E-state index is 13.1. The van der Waals surface area contributed by atoms with Gasteiger partial charge in [-0.25, -0.2) is 0 Å². The van der Waals surface area contributed by atoms with Gasteiger partial charge in [0.2, 0.25) is 5.91 Å². The highest BCUT2D eigenvalue weighted by molar-refractivity contribution is 6.30. The summed E-state index contributed by atoms with van der Waals surface area (Å²) in [5, 5.41) is 11.8. The maximum Gasteiger partial charge on any atom is 0.225 e. The molecule has 39 heavy (non-hydrogen) atoms. The van der Waals surface area contributed by atoms with Crippen LogP contribution < -0.4 is 9.64 Å². The molecular weight excluding hydrogens is 512 g/mol. The molecule has 1 aliphatic carbocycles.